The summed E-state index contributed by atoms with van der Waals surface area (Å²) in [4.78, 5) is 82.1. The first-order valence-corrected chi connectivity index (χ1v) is 41.0. The van der Waals surface area contributed by atoms with Gasteiger partial charge in [0.15, 0.2) is 0 Å². The lowest BCUT2D eigenvalue weighted by Gasteiger charge is -2.72. The fourth-order valence-corrected chi connectivity index (χ4v) is 19.5. The topological polar surface area (TPSA) is 251 Å². The number of hydrogen-bond donors (Lipinski definition) is 5. The van der Waals surface area contributed by atoms with Gasteiger partial charge in [0.05, 0.1) is 32.8 Å². The smallest absolute Gasteiger partial charge is 0.391 e. The van der Waals surface area contributed by atoms with Gasteiger partial charge in [0, 0.05) is 131 Å². The quantitative estimate of drug-likeness (QED) is 0.0129. The van der Waals surface area contributed by atoms with Crippen molar-refractivity contribution in [3.8, 4) is 10.4 Å². The molecule has 5 amide bonds. The number of sulfonamides is 1. The molecule has 3 saturated heterocycles. The zero-order valence-electron chi connectivity index (χ0n) is 60.4. The molecule has 0 spiro atoms. The van der Waals surface area contributed by atoms with E-state index in [4.69, 9.17) is 0 Å². The maximum atomic E-state index is 14.6. The zero-order valence-corrected chi connectivity index (χ0v) is 63.7. The van der Waals surface area contributed by atoms with E-state index in [-0.39, 0.29) is 66.3 Å². The van der Waals surface area contributed by atoms with Gasteiger partial charge in [-0.05, 0) is 147 Å². The number of piperazine rings is 2. The van der Waals surface area contributed by atoms with Crippen molar-refractivity contribution in [3.63, 3.8) is 0 Å². The second kappa shape index (κ2) is 32.4. The van der Waals surface area contributed by atoms with Crippen LogP contribution < -0.4 is 25.6 Å². The molecule has 2 bridgehead atoms. The number of alkyl halides is 5. The molecule has 4 atom stereocenters. The molecular formula is C76H97F5N10O10S4. The molecule has 5 N–H and O–H groups in total. The van der Waals surface area contributed by atoms with Gasteiger partial charge in [-0.15, -0.1) is 23.1 Å². The molecule has 7 aliphatic rings. The first kappa shape index (κ1) is 79.0. The Balaban J connectivity index is 0.639. The maximum Gasteiger partial charge on any atom is 0.501 e. The van der Waals surface area contributed by atoms with E-state index < -0.39 is 100 Å². The minimum atomic E-state index is -6.20. The summed E-state index contributed by atoms with van der Waals surface area (Å²) >= 11 is 2.93. The highest BCUT2D eigenvalue weighted by atomic mass is 32.2. The Kier molecular flexibility index (Phi) is 24.4. The number of unbranched alkanes of at least 4 members (excludes halogenated alkanes) is 2. The number of likely N-dealkylation sites (tertiary alicyclic amines) is 1. The fraction of sp³-hybridized carbons (Fsp3) is 0.553. The number of carbonyl (C=O) groups excluding carboxylic acids is 5. The van der Waals surface area contributed by atoms with E-state index in [2.05, 4.69) is 49.5 Å². The van der Waals surface area contributed by atoms with Gasteiger partial charge in [-0.25, -0.2) is 35.3 Å². The summed E-state index contributed by atoms with van der Waals surface area (Å²) in [5.41, 5.74) is 0.275. The summed E-state index contributed by atoms with van der Waals surface area (Å²) in [6.07, 6.45) is 3.62. The van der Waals surface area contributed by atoms with Crippen LogP contribution >= 0.6 is 23.1 Å². The third kappa shape index (κ3) is 18.8. The second-order valence-corrected chi connectivity index (χ2v) is 36.8. The molecule has 3 aliphatic heterocycles. The normalized spacial score (nSPS) is 22.2. The molecule has 29 heteroatoms. The number of allylic oxidation sites excluding steroid dienone is 1. The second-order valence-electron chi connectivity index (χ2n) is 31.2. The van der Waals surface area contributed by atoms with Crippen molar-refractivity contribution in [2.24, 2.45) is 21.7 Å². The van der Waals surface area contributed by atoms with Gasteiger partial charge in [0.25, 0.3) is 25.8 Å². The molecule has 0 radical (unpaired) electrons. The van der Waals surface area contributed by atoms with Crippen molar-refractivity contribution in [1.82, 2.24) is 39.9 Å². The Morgan fingerprint density at radius 1 is 0.810 bits per heavy atom. The SMILES string of the molecule is Cc1ncsc1-c1ccc(CNC(=O)[C@@H]2C[C@@H](O)CN2C(=O)[C@@H](NC(=O)CCCCCC(=O)N2CCN(CC[C@H](CSc3ccccc3)Nc3ccc(S(=O)(=O)NC(=O)c4ccc(N5CCN(CC6=C(C78CC(C(F)F)(C7)C8)CC(C)(C)CC6)CC5)cc4)cc3S(=O)(=O)C(F)(F)F)CC2)C(C)(C)C)cc1. The number of aliphatic hydroxyl groups is 1. The van der Waals surface area contributed by atoms with E-state index in [1.807, 2.05) is 87.0 Å². The van der Waals surface area contributed by atoms with Crippen LogP contribution in [0.3, 0.4) is 0 Å². The Labute approximate surface area is 621 Å². The van der Waals surface area contributed by atoms with Gasteiger partial charge in [0.2, 0.25) is 30.1 Å². The van der Waals surface area contributed by atoms with Crippen LogP contribution in [0.2, 0.25) is 0 Å². The minimum Gasteiger partial charge on any atom is -0.391 e. The van der Waals surface area contributed by atoms with Crippen LogP contribution in [0.1, 0.15) is 140 Å². The summed E-state index contributed by atoms with van der Waals surface area (Å²) < 4.78 is 128. The number of nitrogens with zero attached hydrogens (tertiary/aromatic N) is 6. The molecule has 12 rings (SSSR count). The number of carbonyl (C=O) groups is 5. The third-order valence-corrected chi connectivity index (χ3v) is 26.8. The minimum absolute atomic E-state index is 0.0510. The molecule has 5 aromatic rings. The van der Waals surface area contributed by atoms with Crippen molar-refractivity contribution in [1.29, 1.82) is 0 Å². The number of hydrogen-bond acceptors (Lipinski definition) is 17. The van der Waals surface area contributed by atoms with E-state index in [0.717, 1.165) is 83.3 Å². The summed E-state index contributed by atoms with van der Waals surface area (Å²) in [6.45, 7) is 17.8. The fourth-order valence-electron chi connectivity index (χ4n) is 15.7. The molecule has 0 unspecified atom stereocenters. The van der Waals surface area contributed by atoms with Gasteiger partial charge >= 0.3 is 5.51 Å². The number of thioether (sulfide) groups is 1. The molecule has 105 heavy (non-hydrogen) atoms. The number of thiazole rings is 1. The van der Waals surface area contributed by atoms with E-state index in [1.165, 1.54) is 39.9 Å². The number of β-amino-alcohol motifs (C(OH)–C–C–N with tert-alkyl or cyclic N) is 1. The van der Waals surface area contributed by atoms with Crippen LogP contribution in [-0.2, 0) is 45.6 Å². The Morgan fingerprint density at radius 2 is 1.48 bits per heavy atom. The van der Waals surface area contributed by atoms with Gasteiger partial charge in [0.1, 0.15) is 17.0 Å². The molecule has 4 heterocycles. The van der Waals surface area contributed by atoms with Crippen LogP contribution in [0.4, 0.5) is 33.3 Å². The van der Waals surface area contributed by atoms with E-state index in [0.29, 0.717) is 96.8 Å². The van der Waals surface area contributed by atoms with Crippen molar-refractivity contribution in [2.45, 2.75) is 182 Å². The van der Waals surface area contributed by atoms with Crippen molar-refractivity contribution < 1.29 is 67.9 Å². The third-order valence-electron chi connectivity index (χ3n) is 21.8. The molecule has 4 aliphatic carbocycles. The number of benzene rings is 4. The number of rotatable bonds is 29. The van der Waals surface area contributed by atoms with Gasteiger partial charge < -0.3 is 35.8 Å². The van der Waals surface area contributed by atoms with Crippen LogP contribution in [-0.4, -0.2) is 190 Å². The molecule has 3 saturated carbocycles. The summed E-state index contributed by atoms with van der Waals surface area (Å²) in [6, 6.07) is 22.9. The number of halogens is 5. The van der Waals surface area contributed by atoms with Crippen molar-refractivity contribution in [3.05, 3.63) is 131 Å². The summed E-state index contributed by atoms with van der Waals surface area (Å²) in [5, 5.41) is 19.5. The Hall–Kier alpha value is -7.02. The summed E-state index contributed by atoms with van der Waals surface area (Å²) in [7, 11) is -11.2. The summed E-state index contributed by atoms with van der Waals surface area (Å²) in [5.74, 6) is -2.15. The highest BCUT2D eigenvalue weighted by Gasteiger charge is 2.73. The van der Waals surface area contributed by atoms with Gasteiger partial charge in [-0.3, -0.25) is 33.8 Å². The van der Waals surface area contributed by atoms with E-state index in [1.54, 1.807) is 33.9 Å². The molecular weight excluding hydrogens is 1440 g/mol. The first-order chi connectivity index (χ1) is 49.6. The van der Waals surface area contributed by atoms with Gasteiger partial charge in [-0.2, -0.15) is 13.2 Å². The molecule has 6 fully saturated rings. The number of nitrogens with one attached hydrogen (secondary N) is 4. The lowest BCUT2D eigenvalue weighted by atomic mass is 9.32. The average molecular weight is 1530 g/mol. The van der Waals surface area contributed by atoms with Crippen molar-refractivity contribution in [2.75, 3.05) is 88.0 Å². The highest BCUT2D eigenvalue weighted by molar-refractivity contribution is 7.99. The van der Waals surface area contributed by atoms with Crippen LogP contribution in [0.5, 0.6) is 0 Å². The van der Waals surface area contributed by atoms with E-state index in [9.17, 15) is 67.9 Å². The Bertz CT molecular complexity index is 4200. The lowest BCUT2D eigenvalue weighted by Crippen LogP contribution is -2.66. The number of anilines is 2. The monoisotopic (exact) mass is 1530 g/mol. The van der Waals surface area contributed by atoms with Gasteiger partial charge in [-0.1, -0.05) is 94.7 Å². The standard InChI is InChI=1S/C76H97F5N10O10S4/c1-50-66(103-49-83-50)52-19-17-51(18-20-52)42-82-69(96)62-39-57(92)44-91(62)70(97)67(72(2,3)4)85-64(93)15-11-8-12-16-65(94)90-37-31-87(32-38-90)30-28-55(45-102-58-13-9-7-10-14-58)84-61-26-25-59(40-63(61)104(98,99)76(79,80)81)105(100,101)86-68(95)53-21-23-56(24-22-53)89-35-33-88(34-36-89)43-54-27-29-73(5,6)41-60(54)74-46-75(47-74,48-74)71(77)78/h7,9-10,13-14,17-26,40,49,55,57,62,67,71,84,92H,8,11-12,15-16,27-39,41-48H2,1-6H3,(H,82,96)(H,85,93)(H,86,95)/t55-,57-,62+,67-,74?,75?/m1/s1. The molecule has 20 nitrogen and oxygen atoms in total. The van der Waals surface area contributed by atoms with Crippen LogP contribution in [0, 0.1) is 28.6 Å². The van der Waals surface area contributed by atoms with E-state index >= 15 is 0 Å². The zero-order chi connectivity index (χ0) is 75.4. The number of aryl methyl sites for hydroxylation is 1. The van der Waals surface area contributed by atoms with Crippen molar-refractivity contribution >= 4 is 83.9 Å². The predicted octanol–water partition coefficient (Wildman–Crippen LogP) is 11.5. The molecule has 1 aromatic heterocycles. The maximum absolute atomic E-state index is 14.6. The number of sulfone groups is 1. The van der Waals surface area contributed by atoms with Crippen LogP contribution in [0.15, 0.2) is 128 Å². The predicted molar refractivity (Wildman–Crippen MR) is 396 cm³/mol. The Morgan fingerprint density at radius 3 is 2.11 bits per heavy atom. The number of aliphatic hydroxyl groups excluding tert-OH is 1. The largest absolute Gasteiger partial charge is 0.501 e. The molecule has 4 aromatic carbocycles. The number of amides is 5. The lowest BCUT2D eigenvalue weighted by molar-refractivity contribution is -0.250. The first-order valence-electron chi connectivity index (χ1n) is 36.2. The molecule has 570 valence electrons. The number of aromatic nitrogens is 1. The average Bonchev–Trinajstić information content (AvgIpc) is 0.778. The highest BCUT2D eigenvalue weighted by Crippen LogP contribution is 2.79. The van der Waals surface area contributed by atoms with Crippen LogP contribution in [0.25, 0.3) is 10.4 Å².